The number of benzene rings is 1. The maximum absolute atomic E-state index is 13.3. The first-order chi connectivity index (χ1) is 20.2. The van der Waals surface area contributed by atoms with Gasteiger partial charge in [-0.25, -0.2) is 4.39 Å². The summed E-state index contributed by atoms with van der Waals surface area (Å²) in [6.45, 7) is 10.9. The highest BCUT2D eigenvalue weighted by Crippen LogP contribution is 2.70. The van der Waals surface area contributed by atoms with Crippen LogP contribution in [0.25, 0.3) is 0 Å². The van der Waals surface area contributed by atoms with Crippen LogP contribution in [0.2, 0.25) is 0 Å². The number of hydrogen-bond donors (Lipinski definition) is 1. The summed E-state index contributed by atoms with van der Waals surface area (Å²) in [7, 11) is 0. The summed E-state index contributed by atoms with van der Waals surface area (Å²) in [5.74, 6) is 5.31. The van der Waals surface area contributed by atoms with Gasteiger partial charge >= 0.3 is 0 Å². The summed E-state index contributed by atoms with van der Waals surface area (Å²) in [4.78, 5) is 3.38. The van der Waals surface area contributed by atoms with Crippen LogP contribution in [0, 0.1) is 58.1 Å². The third kappa shape index (κ3) is 5.11. The van der Waals surface area contributed by atoms with Crippen molar-refractivity contribution in [2.45, 2.75) is 123 Å². The molecule has 2 heterocycles. The van der Waals surface area contributed by atoms with Crippen LogP contribution < -0.4 is 0 Å². The van der Waals surface area contributed by atoms with Crippen molar-refractivity contribution in [1.82, 2.24) is 4.98 Å². The highest BCUT2D eigenvalue weighted by molar-refractivity contribution is 5.16. The molecule has 12 atom stereocenters. The van der Waals surface area contributed by atoms with Crippen molar-refractivity contribution in [3.05, 3.63) is 59.7 Å². The average Bonchev–Trinajstić information content (AvgIpc) is 3.67. The van der Waals surface area contributed by atoms with Crippen LogP contribution in [0.1, 0.15) is 103 Å². The van der Waals surface area contributed by atoms with Crippen molar-refractivity contribution in [1.29, 1.82) is 0 Å². The van der Waals surface area contributed by atoms with E-state index in [1.165, 1.54) is 69.9 Å². The van der Waals surface area contributed by atoms with E-state index in [1.54, 1.807) is 12.1 Å². The first-order valence-electron chi connectivity index (χ1n) is 17.4. The van der Waals surface area contributed by atoms with Gasteiger partial charge in [0.15, 0.2) is 0 Å². The van der Waals surface area contributed by atoms with Gasteiger partial charge in [0.25, 0.3) is 0 Å². The zero-order valence-corrected chi connectivity index (χ0v) is 26.5. The van der Waals surface area contributed by atoms with Crippen LogP contribution in [0.3, 0.4) is 0 Å². The number of ether oxygens (including phenoxy) is 2. The monoisotopic (exact) mass is 575 g/mol. The minimum absolute atomic E-state index is 0.173. The molecule has 5 fully saturated rings. The fourth-order valence-electron chi connectivity index (χ4n) is 11.6. The van der Waals surface area contributed by atoms with Gasteiger partial charge in [-0.1, -0.05) is 39.8 Å². The predicted molar refractivity (Wildman–Crippen MR) is 166 cm³/mol. The summed E-state index contributed by atoms with van der Waals surface area (Å²) in [5.41, 5.74) is 3.36. The fraction of sp³-hybridized carbons (Fsp3) is 0.737. The lowest BCUT2D eigenvalue weighted by atomic mass is 9.44. The van der Waals surface area contributed by atoms with E-state index in [-0.39, 0.29) is 5.82 Å². The minimum Gasteiger partial charge on any atom is -0.374 e. The standard InChI is InChI=1S/C38H54FNO2/c1-24(20-29-6-5-19-40-29)7-14-34-25(2)36-35(42-34)22-33-31-13-10-27-21-30(41-23-26-8-11-28(39)12-9-26)15-17-37(27,3)32(31)16-18-38(33,36)4/h5-6,8-9,11-12,19,24-25,27,30-36,40H,7,10,13-18,20-23H2,1-4H3/t24-,25+,27+,30-,31+,32-,33-,34+,35-,36-,37-,38-/m0/s1. The molecule has 0 spiro atoms. The van der Waals surface area contributed by atoms with Crippen LogP contribution >= 0.6 is 0 Å². The Balaban J connectivity index is 0.960. The molecule has 3 nitrogen and oxygen atoms in total. The molecule has 4 aliphatic carbocycles. The third-order valence-electron chi connectivity index (χ3n) is 13.8. The van der Waals surface area contributed by atoms with Gasteiger partial charge in [0.2, 0.25) is 0 Å². The highest BCUT2D eigenvalue weighted by Gasteiger charge is 2.65. The lowest BCUT2D eigenvalue weighted by molar-refractivity contribution is -0.139. The third-order valence-corrected chi connectivity index (χ3v) is 13.8. The molecule has 230 valence electrons. The van der Waals surface area contributed by atoms with E-state index in [4.69, 9.17) is 9.47 Å². The quantitative estimate of drug-likeness (QED) is 0.340. The smallest absolute Gasteiger partial charge is 0.123 e. The second-order valence-corrected chi connectivity index (χ2v) is 16.0. The largest absolute Gasteiger partial charge is 0.374 e. The molecule has 42 heavy (non-hydrogen) atoms. The van der Waals surface area contributed by atoms with Gasteiger partial charge in [-0.3, -0.25) is 0 Å². The highest BCUT2D eigenvalue weighted by atomic mass is 19.1. The molecule has 1 aliphatic heterocycles. The molecular weight excluding hydrogens is 521 g/mol. The molecular formula is C38H54FNO2. The normalized spacial score (nSPS) is 43.3. The SMILES string of the molecule is C[C@@H](CC[C@H]1O[C@H]2C[C@H]3[C@@H]4CC[C@@H]5C[C@@H](OCc6ccc(F)cc6)CC[C@]5(C)[C@H]4CC[C@]3(C)[C@H]2[C@@H]1C)Cc1ccc[nH]1. The maximum Gasteiger partial charge on any atom is 0.123 e. The van der Waals surface area contributed by atoms with E-state index in [0.717, 1.165) is 41.6 Å². The molecule has 5 aliphatic rings. The summed E-state index contributed by atoms with van der Waals surface area (Å²) >= 11 is 0. The minimum atomic E-state index is -0.173. The Bertz CT molecular complexity index is 1200. The van der Waals surface area contributed by atoms with Crippen molar-refractivity contribution >= 4 is 0 Å². The number of aromatic nitrogens is 1. The zero-order valence-electron chi connectivity index (χ0n) is 26.5. The zero-order chi connectivity index (χ0) is 29.1. The van der Waals surface area contributed by atoms with Crippen LogP contribution in [-0.4, -0.2) is 23.3 Å². The number of hydrogen-bond acceptors (Lipinski definition) is 2. The van der Waals surface area contributed by atoms with Gasteiger partial charge in [-0.15, -0.1) is 0 Å². The van der Waals surface area contributed by atoms with Crippen LogP contribution in [0.4, 0.5) is 4.39 Å². The first-order valence-corrected chi connectivity index (χ1v) is 17.4. The van der Waals surface area contributed by atoms with Crippen molar-refractivity contribution < 1.29 is 13.9 Å². The molecule has 0 unspecified atom stereocenters. The molecule has 0 radical (unpaired) electrons. The molecule has 1 aromatic carbocycles. The summed E-state index contributed by atoms with van der Waals surface area (Å²) in [6.07, 6.45) is 17.5. The van der Waals surface area contributed by atoms with E-state index >= 15 is 0 Å². The van der Waals surface area contributed by atoms with Crippen LogP contribution in [-0.2, 0) is 22.5 Å². The van der Waals surface area contributed by atoms with Gasteiger partial charge < -0.3 is 14.5 Å². The predicted octanol–water partition coefficient (Wildman–Crippen LogP) is 9.37. The van der Waals surface area contributed by atoms with Gasteiger partial charge in [-0.2, -0.15) is 0 Å². The van der Waals surface area contributed by atoms with Gasteiger partial charge in [-0.05, 0) is 153 Å². The topological polar surface area (TPSA) is 34.2 Å². The molecule has 1 N–H and O–H groups in total. The Morgan fingerprint density at radius 3 is 2.60 bits per heavy atom. The molecule has 4 heteroatoms. The lowest BCUT2D eigenvalue weighted by Crippen LogP contribution is -2.54. The molecule has 0 amide bonds. The average molecular weight is 576 g/mol. The first kappa shape index (κ1) is 29.1. The number of halogens is 1. The van der Waals surface area contributed by atoms with Gasteiger partial charge in [0.05, 0.1) is 24.9 Å². The second-order valence-electron chi connectivity index (χ2n) is 16.0. The van der Waals surface area contributed by atoms with Crippen molar-refractivity contribution in [2.75, 3.05) is 0 Å². The van der Waals surface area contributed by atoms with E-state index in [2.05, 4.69) is 44.8 Å². The lowest BCUT2D eigenvalue weighted by Gasteiger charge is -2.61. The van der Waals surface area contributed by atoms with Gasteiger partial charge in [0.1, 0.15) is 5.82 Å². The second kappa shape index (κ2) is 11.4. The van der Waals surface area contributed by atoms with E-state index < -0.39 is 0 Å². The molecule has 7 rings (SSSR count). The molecule has 1 saturated heterocycles. The van der Waals surface area contributed by atoms with Crippen LogP contribution in [0.15, 0.2) is 42.6 Å². The summed E-state index contributed by atoms with van der Waals surface area (Å²) in [6, 6.07) is 11.1. The Hall–Kier alpha value is -1.65. The number of aromatic amines is 1. The Kier molecular flexibility index (Phi) is 7.87. The molecule has 2 aromatic rings. The molecule has 4 saturated carbocycles. The van der Waals surface area contributed by atoms with Crippen molar-refractivity contribution in [3.8, 4) is 0 Å². The fourth-order valence-corrected chi connectivity index (χ4v) is 11.6. The number of rotatable bonds is 8. The number of nitrogens with one attached hydrogen (secondary N) is 1. The van der Waals surface area contributed by atoms with E-state index in [9.17, 15) is 4.39 Å². The molecule has 1 aromatic heterocycles. The van der Waals surface area contributed by atoms with Crippen LogP contribution in [0.5, 0.6) is 0 Å². The summed E-state index contributed by atoms with van der Waals surface area (Å²) in [5, 5.41) is 0. The summed E-state index contributed by atoms with van der Waals surface area (Å²) < 4.78 is 26.7. The Morgan fingerprint density at radius 1 is 1.00 bits per heavy atom. The number of fused-ring (bicyclic) bond motifs is 7. The van der Waals surface area contributed by atoms with E-state index in [0.29, 0.717) is 47.6 Å². The van der Waals surface area contributed by atoms with E-state index in [1.807, 2.05) is 18.3 Å². The van der Waals surface area contributed by atoms with Crippen molar-refractivity contribution in [3.63, 3.8) is 0 Å². The Morgan fingerprint density at radius 2 is 1.81 bits per heavy atom. The maximum atomic E-state index is 13.3. The van der Waals surface area contributed by atoms with Gasteiger partial charge in [0, 0.05) is 11.9 Å². The van der Waals surface area contributed by atoms with Crippen molar-refractivity contribution in [2.24, 2.45) is 52.3 Å². The molecule has 0 bridgehead atoms. The number of H-pyrrole nitrogens is 1. The Labute approximate surface area is 253 Å².